The van der Waals surface area contributed by atoms with E-state index in [0.29, 0.717) is 11.7 Å². The van der Waals surface area contributed by atoms with E-state index < -0.39 is 0 Å². The molecule has 0 amide bonds. The number of hydrogen-bond acceptors (Lipinski definition) is 5. The lowest BCUT2D eigenvalue weighted by molar-refractivity contribution is -0.142. The van der Waals surface area contributed by atoms with Gasteiger partial charge in [0.2, 0.25) is 0 Å². The molecule has 0 saturated heterocycles. The van der Waals surface area contributed by atoms with Crippen molar-refractivity contribution in [3.63, 3.8) is 0 Å². The van der Waals surface area contributed by atoms with Crippen molar-refractivity contribution in [2.45, 2.75) is 13.3 Å². The molecule has 6 heteroatoms. The Bertz CT molecular complexity index is 277. The molecular formula is C7H11ClN2O2S. The molecule has 0 unspecified atom stereocenters. The van der Waals surface area contributed by atoms with Crippen molar-refractivity contribution in [2.75, 3.05) is 12.3 Å². The first-order chi connectivity index (χ1) is 5.72. The molecule has 0 spiro atoms. The SMILES string of the molecule is CCOC(=O)Cc1cnc(N)s1.Cl. The minimum atomic E-state index is -0.235. The topological polar surface area (TPSA) is 65.2 Å². The fourth-order valence-corrected chi connectivity index (χ4v) is 1.43. The van der Waals surface area contributed by atoms with E-state index in [2.05, 4.69) is 4.98 Å². The van der Waals surface area contributed by atoms with Gasteiger partial charge in [-0.3, -0.25) is 4.79 Å². The van der Waals surface area contributed by atoms with Crippen LogP contribution in [-0.4, -0.2) is 17.6 Å². The van der Waals surface area contributed by atoms with Gasteiger partial charge in [0.15, 0.2) is 5.13 Å². The zero-order valence-corrected chi connectivity index (χ0v) is 8.78. The van der Waals surface area contributed by atoms with E-state index in [9.17, 15) is 4.79 Å². The molecule has 2 N–H and O–H groups in total. The van der Waals surface area contributed by atoms with Crippen molar-refractivity contribution in [1.29, 1.82) is 0 Å². The maximum absolute atomic E-state index is 10.9. The fourth-order valence-electron chi connectivity index (χ4n) is 0.759. The van der Waals surface area contributed by atoms with Crippen molar-refractivity contribution in [3.8, 4) is 0 Å². The van der Waals surface area contributed by atoms with Gasteiger partial charge in [-0.1, -0.05) is 0 Å². The summed E-state index contributed by atoms with van der Waals surface area (Å²) in [5.41, 5.74) is 5.38. The van der Waals surface area contributed by atoms with Gasteiger partial charge in [0.1, 0.15) is 0 Å². The molecular weight excluding hydrogens is 212 g/mol. The number of nitrogens with two attached hydrogens (primary N) is 1. The number of anilines is 1. The Balaban J connectivity index is 0.00000144. The molecule has 0 fully saturated rings. The Morgan fingerprint density at radius 2 is 2.46 bits per heavy atom. The molecule has 0 aliphatic heterocycles. The molecule has 0 saturated carbocycles. The highest BCUT2D eigenvalue weighted by atomic mass is 35.5. The molecule has 1 aromatic heterocycles. The molecule has 1 rings (SSSR count). The van der Waals surface area contributed by atoms with Crippen LogP contribution in [0.1, 0.15) is 11.8 Å². The first-order valence-electron chi connectivity index (χ1n) is 3.58. The summed E-state index contributed by atoms with van der Waals surface area (Å²) in [6.45, 7) is 2.19. The average molecular weight is 223 g/mol. The minimum absolute atomic E-state index is 0. The van der Waals surface area contributed by atoms with E-state index in [1.54, 1.807) is 13.1 Å². The molecule has 1 aromatic rings. The van der Waals surface area contributed by atoms with Crippen LogP contribution in [0.4, 0.5) is 5.13 Å². The Kier molecular flexibility index (Phi) is 5.41. The molecule has 13 heavy (non-hydrogen) atoms. The average Bonchev–Trinajstić information content (AvgIpc) is 2.36. The molecule has 0 aromatic carbocycles. The number of carbonyl (C=O) groups excluding carboxylic acids is 1. The van der Waals surface area contributed by atoms with Gasteiger partial charge in [-0.15, -0.1) is 23.7 Å². The van der Waals surface area contributed by atoms with Crippen molar-refractivity contribution in [1.82, 2.24) is 4.98 Å². The number of aromatic nitrogens is 1. The van der Waals surface area contributed by atoms with E-state index >= 15 is 0 Å². The second-order valence-electron chi connectivity index (χ2n) is 2.15. The smallest absolute Gasteiger partial charge is 0.311 e. The van der Waals surface area contributed by atoms with Crippen LogP contribution in [-0.2, 0) is 16.0 Å². The Morgan fingerprint density at radius 3 is 2.92 bits per heavy atom. The minimum Gasteiger partial charge on any atom is -0.466 e. The number of nitrogen functional groups attached to an aromatic ring is 1. The molecule has 0 atom stereocenters. The summed E-state index contributed by atoms with van der Waals surface area (Å²) in [4.78, 5) is 15.6. The van der Waals surface area contributed by atoms with Crippen molar-refractivity contribution < 1.29 is 9.53 Å². The molecule has 1 heterocycles. The third-order valence-electron chi connectivity index (χ3n) is 1.20. The van der Waals surface area contributed by atoms with Gasteiger partial charge in [-0.25, -0.2) is 4.98 Å². The summed E-state index contributed by atoms with van der Waals surface area (Å²) in [7, 11) is 0. The summed E-state index contributed by atoms with van der Waals surface area (Å²) in [5, 5.41) is 0.481. The number of rotatable bonds is 3. The van der Waals surface area contributed by atoms with Crippen LogP contribution in [0.3, 0.4) is 0 Å². The highest BCUT2D eigenvalue weighted by Gasteiger charge is 2.06. The van der Waals surface area contributed by atoms with Crippen LogP contribution in [0, 0.1) is 0 Å². The van der Waals surface area contributed by atoms with Gasteiger partial charge < -0.3 is 10.5 Å². The van der Waals surface area contributed by atoms with Crippen LogP contribution >= 0.6 is 23.7 Å². The van der Waals surface area contributed by atoms with Crippen molar-refractivity contribution >= 4 is 34.8 Å². The van der Waals surface area contributed by atoms with E-state index in [-0.39, 0.29) is 24.8 Å². The van der Waals surface area contributed by atoms with Crippen molar-refractivity contribution in [2.24, 2.45) is 0 Å². The maximum atomic E-state index is 10.9. The normalized spacial score (nSPS) is 9.00. The quantitative estimate of drug-likeness (QED) is 0.782. The highest BCUT2D eigenvalue weighted by Crippen LogP contribution is 2.14. The van der Waals surface area contributed by atoms with Crippen LogP contribution in [0.15, 0.2) is 6.20 Å². The molecule has 74 valence electrons. The first-order valence-corrected chi connectivity index (χ1v) is 4.40. The molecule has 0 aliphatic rings. The lowest BCUT2D eigenvalue weighted by atomic mass is 10.4. The molecule has 0 bridgehead atoms. The van der Waals surface area contributed by atoms with E-state index in [0.717, 1.165) is 4.88 Å². The maximum Gasteiger partial charge on any atom is 0.311 e. The number of nitrogens with zero attached hydrogens (tertiary/aromatic N) is 1. The second-order valence-corrected chi connectivity index (χ2v) is 3.29. The number of carbonyl (C=O) groups is 1. The standard InChI is InChI=1S/C7H10N2O2S.ClH/c1-2-11-6(10)3-5-4-9-7(8)12-5;/h4H,2-3H2,1H3,(H2,8,9);1H. The van der Waals surface area contributed by atoms with Gasteiger partial charge in [0.05, 0.1) is 13.0 Å². The second kappa shape index (κ2) is 5.77. The number of hydrogen-bond donors (Lipinski definition) is 1. The van der Waals surface area contributed by atoms with Crippen molar-refractivity contribution in [3.05, 3.63) is 11.1 Å². The van der Waals surface area contributed by atoms with E-state index in [1.165, 1.54) is 11.3 Å². The predicted molar refractivity (Wildman–Crippen MR) is 54.1 cm³/mol. The zero-order valence-electron chi connectivity index (χ0n) is 7.15. The summed E-state index contributed by atoms with van der Waals surface area (Å²) < 4.78 is 4.75. The third kappa shape index (κ3) is 4.10. The van der Waals surface area contributed by atoms with Gasteiger partial charge in [-0.2, -0.15) is 0 Å². The molecule has 0 radical (unpaired) electrons. The van der Waals surface area contributed by atoms with Gasteiger partial charge in [0, 0.05) is 11.1 Å². The number of thiazole rings is 1. The van der Waals surface area contributed by atoms with Gasteiger partial charge in [-0.05, 0) is 6.92 Å². The lowest BCUT2D eigenvalue weighted by Gasteiger charge is -1.97. The van der Waals surface area contributed by atoms with Crippen LogP contribution in [0.25, 0.3) is 0 Å². The van der Waals surface area contributed by atoms with Crippen LogP contribution in [0.5, 0.6) is 0 Å². The molecule has 0 aliphatic carbocycles. The first kappa shape index (κ1) is 12.2. The van der Waals surface area contributed by atoms with Gasteiger partial charge >= 0.3 is 5.97 Å². The Labute approximate surface area is 86.5 Å². The molecule has 4 nitrogen and oxygen atoms in total. The summed E-state index contributed by atoms with van der Waals surface area (Å²) >= 11 is 1.31. The lowest BCUT2D eigenvalue weighted by Crippen LogP contribution is -2.06. The predicted octanol–water partition coefficient (Wildman–Crippen LogP) is 1.25. The summed E-state index contributed by atoms with van der Waals surface area (Å²) in [6.07, 6.45) is 1.86. The summed E-state index contributed by atoms with van der Waals surface area (Å²) in [6, 6.07) is 0. The largest absolute Gasteiger partial charge is 0.466 e. The number of esters is 1. The zero-order chi connectivity index (χ0) is 8.97. The Morgan fingerprint density at radius 1 is 1.77 bits per heavy atom. The van der Waals surface area contributed by atoms with Crippen LogP contribution < -0.4 is 5.73 Å². The number of ether oxygens (including phenoxy) is 1. The third-order valence-corrected chi connectivity index (χ3v) is 2.02. The number of halogens is 1. The highest BCUT2D eigenvalue weighted by molar-refractivity contribution is 7.15. The van der Waals surface area contributed by atoms with E-state index in [1.807, 2.05) is 0 Å². The summed E-state index contributed by atoms with van der Waals surface area (Å²) in [5.74, 6) is -0.235. The van der Waals surface area contributed by atoms with Gasteiger partial charge in [0.25, 0.3) is 0 Å². The fraction of sp³-hybridized carbons (Fsp3) is 0.429. The monoisotopic (exact) mass is 222 g/mol. The Hall–Kier alpha value is -0.810. The van der Waals surface area contributed by atoms with E-state index in [4.69, 9.17) is 10.5 Å². The van der Waals surface area contributed by atoms with Crippen LogP contribution in [0.2, 0.25) is 0 Å².